The van der Waals surface area contributed by atoms with Crippen LogP contribution in [0.2, 0.25) is 5.02 Å². The second kappa shape index (κ2) is 5.52. The Labute approximate surface area is 107 Å². The number of carbonyl (C=O) groups excluding carboxylic acids is 1. The highest BCUT2D eigenvalue weighted by atomic mass is 35.5. The molecule has 1 fully saturated rings. The van der Waals surface area contributed by atoms with E-state index >= 15 is 0 Å². The Morgan fingerprint density at radius 3 is 2.94 bits per heavy atom. The molecule has 2 N–H and O–H groups in total. The van der Waals surface area contributed by atoms with E-state index < -0.39 is 0 Å². The third kappa shape index (κ3) is 2.79. The van der Waals surface area contributed by atoms with Gasteiger partial charge in [0.05, 0.1) is 6.54 Å². The van der Waals surface area contributed by atoms with Gasteiger partial charge in [-0.15, -0.1) is 0 Å². The van der Waals surface area contributed by atoms with Gasteiger partial charge in [-0.25, -0.2) is 0 Å². The fourth-order valence-electron chi connectivity index (χ4n) is 2.41. The largest absolute Gasteiger partial charge is 0.338 e. The molecule has 1 unspecified atom stereocenters. The summed E-state index contributed by atoms with van der Waals surface area (Å²) >= 11 is 6.14. The summed E-state index contributed by atoms with van der Waals surface area (Å²) in [5.41, 5.74) is 6.53. The fraction of sp³-hybridized carbons (Fsp3) is 0.462. The standard InChI is InChI=1S/C13H17ClN2O/c14-12-6-2-1-4-10(12)8-11-5-3-7-16(11)13(17)9-15/h1-2,4,6,11H,3,5,7-9,15H2. The van der Waals surface area contributed by atoms with Crippen molar-refractivity contribution in [3.05, 3.63) is 34.9 Å². The molecule has 4 heteroatoms. The molecule has 1 aliphatic rings. The number of amides is 1. The smallest absolute Gasteiger partial charge is 0.236 e. The molecule has 0 bridgehead atoms. The minimum Gasteiger partial charge on any atom is -0.338 e. The average Bonchev–Trinajstić information content (AvgIpc) is 2.79. The normalized spacial score (nSPS) is 19.6. The Morgan fingerprint density at radius 1 is 1.47 bits per heavy atom. The van der Waals surface area contributed by atoms with Gasteiger partial charge in [-0.3, -0.25) is 4.79 Å². The number of hydrogen-bond acceptors (Lipinski definition) is 2. The summed E-state index contributed by atoms with van der Waals surface area (Å²) in [6.07, 6.45) is 2.92. The zero-order chi connectivity index (χ0) is 12.3. The first kappa shape index (κ1) is 12.4. The quantitative estimate of drug-likeness (QED) is 0.892. The van der Waals surface area contributed by atoms with Crippen LogP contribution < -0.4 is 5.73 Å². The van der Waals surface area contributed by atoms with E-state index in [0.717, 1.165) is 36.4 Å². The first-order chi connectivity index (χ1) is 8.22. The molecule has 0 radical (unpaired) electrons. The second-order valence-corrected chi connectivity index (χ2v) is 4.79. The Kier molecular flexibility index (Phi) is 4.02. The van der Waals surface area contributed by atoms with Gasteiger partial charge in [0, 0.05) is 17.6 Å². The lowest BCUT2D eigenvalue weighted by Gasteiger charge is -2.24. The molecule has 1 heterocycles. The van der Waals surface area contributed by atoms with Crippen LogP contribution in [-0.2, 0) is 11.2 Å². The summed E-state index contributed by atoms with van der Waals surface area (Å²) in [6, 6.07) is 8.06. The van der Waals surface area contributed by atoms with Crippen molar-refractivity contribution >= 4 is 17.5 Å². The van der Waals surface area contributed by atoms with Crippen molar-refractivity contribution in [3.8, 4) is 0 Å². The third-order valence-corrected chi connectivity index (χ3v) is 3.65. The fourth-order valence-corrected chi connectivity index (χ4v) is 2.62. The van der Waals surface area contributed by atoms with E-state index in [1.807, 2.05) is 29.2 Å². The molecule has 1 amide bonds. The minimum absolute atomic E-state index is 0.0413. The number of benzene rings is 1. The molecular weight excluding hydrogens is 236 g/mol. The minimum atomic E-state index is 0.0413. The van der Waals surface area contributed by atoms with Crippen molar-refractivity contribution in [3.63, 3.8) is 0 Å². The molecule has 0 spiro atoms. The van der Waals surface area contributed by atoms with E-state index in [-0.39, 0.29) is 18.5 Å². The van der Waals surface area contributed by atoms with E-state index in [0.29, 0.717) is 0 Å². The van der Waals surface area contributed by atoms with Gasteiger partial charge in [0.25, 0.3) is 0 Å². The maximum absolute atomic E-state index is 11.7. The molecule has 0 saturated carbocycles. The second-order valence-electron chi connectivity index (χ2n) is 4.38. The molecule has 1 aromatic carbocycles. The van der Waals surface area contributed by atoms with Crippen LogP contribution in [-0.4, -0.2) is 29.9 Å². The predicted molar refractivity (Wildman–Crippen MR) is 68.9 cm³/mol. The lowest BCUT2D eigenvalue weighted by Crippen LogP contribution is -2.40. The van der Waals surface area contributed by atoms with Crippen LogP contribution >= 0.6 is 11.6 Å². The SMILES string of the molecule is NCC(=O)N1CCCC1Cc1ccccc1Cl. The van der Waals surface area contributed by atoms with Crippen molar-refractivity contribution < 1.29 is 4.79 Å². The Morgan fingerprint density at radius 2 is 2.24 bits per heavy atom. The number of carbonyl (C=O) groups is 1. The zero-order valence-electron chi connectivity index (χ0n) is 9.73. The highest BCUT2D eigenvalue weighted by molar-refractivity contribution is 6.31. The number of nitrogens with two attached hydrogens (primary N) is 1. The Balaban J connectivity index is 2.08. The monoisotopic (exact) mass is 252 g/mol. The molecule has 1 aliphatic heterocycles. The van der Waals surface area contributed by atoms with Gasteiger partial charge in [0.1, 0.15) is 0 Å². The van der Waals surface area contributed by atoms with Crippen molar-refractivity contribution in [1.82, 2.24) is 4.90 Å². The highest BCUT2D eigenvalue weighted by Crippen LogP contribution is 2.24. The highest BCUT2D eigenvalue weighted by Gasteiger charge is 2.28. The summed E-state index contributed by atoms with van der Waals surface area (Å²) in [5.74, 6) is 0.0413. The van der Waals surface area contributed by atoms with Crippen LogP contribution in [0.15, 0.2) is 24.3 Å². The first-order valence-electron chi connectivity index (χ1n) is 5.95. The van der Waals surface area contributed by atoms with Gasteiger partial charge in [0.2, 0.25) is 5.91 Å². The third-order valence-electron chi connectivity index (χ3n) is 3.29. The van der Waals surface area contributed by atoms with Gasteiger partial charge >= 0.3 is 0 Å². The number of nitrogens with zero attached hydrogens (tertiary/aromatic N) is 1. The van der Waals surface area contributed by atoms with Gasteiger partial charge in [-0.2, -0.15) is 0 Å². The van der Waals surface area contributed by atoms with Crippen molar-refractivity contribution in [2.24, 2.45) is 5.73 Å². The molecule has 92 valence electrons. The van der Waals surface area contributed by atoms with Crippen molar-refractivity contribution in [2.75, 3.05) is 13.1 Å². The van der Waals surface area contributed by atoms with E-state index in [1.165, 1.54) is 0 Å². The maximum Gasteiger partial charge on any atom is 0.236 e. The lowest BCUT2D eigenvalue weighted by molar-refractivity contribution is -0.130. The average molecular weight is 253 g/mol. The summed E-state index contributed by atoms with van der Waals surface area (Å²) in [7, 11) is 0. The van der Waals surface area contributed by atoms with E-state index in [9.17, 15) is 4.79 Å². The van der Waals surface area contributed by atoms with E-state index in [4.69, 9.17) is 17.3 Å². The van der Waals surface area contributed by atoms with Crippen LogP contribution in [0.25, 0.3) is 0 Å². The molecule has 2 rings (SSSR count). The van der Waals surface area contributed by atoms with Gasteiger partial charge in [-0.05, 0) is 30.9 Å². The number of likely N-dealkylation sites (tertiary alicyclic amines) is 1. The van der Waals surface area contributed by atoms with Gasteiger partial charge < -0.3 is 10.6 Å². The van der Waals surface area contributed by atoms with E-state index in [1.54, 1.807) is 0 Å². The van der Waals surface area contributed by atoms with E-state index in [2.05, 4.69) is 0 Å². The maximum atomic E-state index is 11.7. The van der Waals surface area contributed by atoms with Gasteiger partial charge in [-0.1, -0.05) is 29.8 Å². The van der Waals surface area contributed by atoms with Crippen molar-refractivity contribution in [2.45, 2.75) is 25.3 Å². The molecular formula is C13H17ClN2O. The van der Waals surface area contributed by atoms with Crippen LogP contribution in [0, 0.1) is 0 Å². The Hall–Kier alpha value is -1.06. The molecule has 17 heavy (non-hydrogen) atoms. The van der Waals surface area contributed by atoms with Crippen LogP contribution in [0.5, 0.6) is 0 Å². The summed E-state index contributed by atoms with van der Waals surface area (Å²) in [4.78, 5) is 13.6. The number of hydrogen-bond donors (Lipinski definition) is 1. The number of rotatable bonds is 3. The summed E-state index contributed by atoms with van der Waals surface area (Å²) in [6.45, 7) is 0.921. The molecule has 3 nitrogen and oxygen atoms in total. The van der Waals surface area contributed by atoms with Crippen molar-refractivity contribution in [1.29, 1.82) is 0 Å². The zero-order valence-corrected chi connectivity index (χ0v) is 10.5. The summed E-state index contributed by atoms with van der Waals surface area (Å²) in [5, 5.41) is 0.777. The summed E-state index contributed by atoms with van der Waals surface area (Å²) < 4.78 is 0. The molecule has 1 aromatic rings. The van der Waals surface area contributed by atoms with Gasteiger partial charge in [0.15, 0.2) is 0 Å². The Bertz CT molecular complexity index is 408. The van der Waals surface area contributed by atoms with Crippen LogP contribution in [0.3, 0.4) is 0 Å². The van der Waals surface area contributed by atoms with Crippen LogP contribution in [0.4, 0.5) is 0 Å². The molecule has 1 saturated heterocycles. The number of halogens is 1. The lowest BCUT2D eigenvalue weighted by atomic mass is 10.0. The molecule has 0 aromatic heterocycles. The predicted octanol–water partition coefficient (Wildman–Crippen LogP) is 1.83. The molecule has 0 aliphatic carbocycles. The first-order valence-corrected chi connectivity index (χ1v) is 6.33. The topological polar surface area (TPSA) is 46.3 Å². The molecule has 1 atom stereocenters. The van der Waals surface area contributed by atoms with Crippen LogP contribution in [0.1, 0.15) is 18.4 Å².